The average molecular weight is 486 g/mol. The quantitative estimate of drug-likeness (QED) is 0.394. The van der Waals surface area contributed by atoms with Crippen molar-refractivity contribution in [3.63, 3.8) is 0 Å². The molecule has 4 heterocycles. The van der Waals surface area contributed by atoms with Crippen LogP contribution in [0.2, 0.25) is 0 Å². The highest BCUT2D eigenvalue weighted by Gasteiger charge is 2.29. The SMILES string of the molecule is CCCCCNC(=O)N1CCCC[C@@H]1CNc1nc(C2=CNC3NC=C(Cl)C=C23)ncc1CC. The largest absolute Gasteiger partial charge is 0.368 e. The van der Waals surface area contributed by atoms with E-state index in [1.54, 1.807) is 6.20 Å². The lowest BCUT2D eigenvalue weighted by Gasteiger charge is -2.36. The van der Waals surface area contributed by atoms with Gasteiger partial charge in [0.2, 0.25) is 0 Å². The monoisotopic (exact) mass is 485 g/mol. The molecule has 9 heteroatoms. The number of nitrogens with one attached hydrogen (secondary N) is 4. The summed E-state index contributed by atoms with van der Waals surface area (Å²) in [6.45, 7) is 6.49. The van der Waals surface area contributed by atoms with Gasteiger partial charge in [-0.2, -0.15) is 0 Å². The summed E-state index contributed by atoms with van der Waals surface area (Å²) in [7, 11) is 0. The van der Waals surface area contributed by atoms with Crippen LogP contribution >= 0.6 is 11.6 Å². The van der Waals surface area contributed by atoms with E-state index < -0.39 is 0 Å². The zero-order valence-corrected chi connectivity index (χ0v) is 20.9. The Kier molecular flexibility index (Phi) is 8.32. The van der Waals surface area contributed by atoms with Crippen LogP contribution in [0.15, 0.2) is 35.3 Å². The van der Waals surface area contributed by atoms with E-state index in [0.717, 1.165) is 80.6 Å². The average Bonchev–Trinajstić information content (AvgIpc) is 3.28. The number of allylic oxidation sites excluding steroid dienone is 2. The summed E-state index contributed by atoms with van der Waals surface area (Å²) in [6, 6.07) is 0.200. The van der Waals surface area contributed by atoms with Crippen molar-refractivity contribution in [3.05, 3.63) is 46.7 Å². The number of amides is 2. The number of carbonyl (C=O) groups is 1. The van der Waals surface area contributed by atoms with E-state index in [-0.39, 0.29) is 18.2 Å². The lowest BCUT2D eigenvalue weighted by atomic mass is 10.0. The zero-order chi connectivity index (χ0) is 23.9. The maximum atomic E-state index is 12.8. The maximum absolute atomic E-state index is 12.8. The van der Waals surface area contributed by atoms with Crippen molar-refractivity contribution >= 4 is 29.0 Å². The smallest absolute Gasteiger partial charge is 0.317 e. The number of halogens is 1. The highest BCUT2D eigenvalue weighted by Crippen LogP contribution is 2.31. The predicted molar refractivity (Wildman–Crippen MR) is 137 cm³/mol. The molecule has 0 aliphatic carbocycles. The minimum Gasteiger partial charge on any atom is -0.368 e. The first-order chi connectivity index (χ1) is 16.6. The second-order valence-electron chi connectivity index (χ2n) is 9.04. The molecule has 3 aliphatic rings. The van der Waals surface area contributed by atoms with Gasteiger partial charge in [0, 0.05) is 54.9 Å². The van der Waals surface area contributed by atoms with Crippen LogP contribution in [0.1, 0.15) is 63.8 Å². The van der Waals surface area contributed by atoms with Crippen molar-refractivity contribution < 1.29 is 4.79 Å². The Morgan fingerprint density at radius 3 is 2.91 bits per heavy atom. The molecule has 8 nitrogen and oxygen atoms in total. The van der Waals surface area contributed by atoms with Gasteiger partial charge in [0.25, 0.3) is 0 Å². The molecule has 0 spiro atoms. The summed E-state index contributed by atoms with van der Waals surface area (Å²) in [6.07, 6.45) is 14.9. The number of hydrogen-bond acceptors (Lipinski definition) is 6. The number of hydrogen-bond donors (Lipinski definition) is 4. The number of likely N-dealkylation sites (tertiary alicyclic amines) is 1. The molecule has 1 fully saturated rings. The maximum Gasteiger partial charge on any atom is 0.317 e. The summed E-state index contributed by atoms with van der Waals surface area (Å²) in [5, 5.41) is 13.8. The van der Waals surface area contributed by atoms with Crippen molar-refractivity contribution in [2.24, 2.45) is 0 Å². The molecule has 3 aliphatic heterocycles. The van der Waals surface area contributed by atoms with E-state index in [1.165, 1.54) is 0 Å². The number of piperidine rings is 1. The van der Waals surface area contributed by atoms with Crippen LogP contribution in [0, 0.1) is 0 Å². The normalized spacial score (nSPS) is 21.5. The molecule has 0 saturated carbocycles. The molecule has 1 aromatic rings. The lowest BCUT2D eigenvalue weighted by molar-refractivity contribution is 0.155. The van der Waals surface area contributed by atoms with Gasteiger partial charge in [0.15, 0.2) is 5.82 Å². The van der Waals surface area contributed by atoms with Gasteiger partial charge in [0.05, 0.1) is 11.1 Å². The Morgan fingerprint density at radius 2 is 2.09 bits per heavy atom. The Labute approximate surface area is 207 Å². The molecule has 1 aromatic heterocycles. The van der Waals surface area contributed by atoms with Gasteiger partial charge >= 0.3 is 6.03 Å². The van der Waals surface area contributed by atoms with Crippen LogP contribution in [0.3, 0.4) is 0 Å². The molecule has 2 atom stereocenters. The van der Waals surface area contributed by atoms with Crippen molar-refractivity contribution in [2.75, 3.05) is 25.0 Å². The highest BCUT2D eigenvalue weighted by molar-refractivity contribution is 6.31. The van der Waals surface area contributed by atoms with Crippen molar-refractivity contribution in [3.8, 4) is 0 Å². The Morgan fingerprint density at radius 1 is 1.24 bits per heavy atom. The summed E-state index contributed by atoms with van der Waals surface area (Å²) >= 11 is 6.21. The van der Waals surface area contributed by atoms with E-state index in [1.807, 2.05) is 23.4 Å². The molecule has 1 saturated heterocycles. The summed E-state index contributed by atoms with van der Waals surface area (Å²) < 4.78 is 0. The Balaban J connectivity index is 1.44. The van der Waals surface area contributed by atoms with Crippen LogP contribution < -0.4 is 21.3 Å². The number of aromatic nitrogens is 2. The van der Waals surface area contributed by atoms with Crippen LogP contribution in [-0.4, -0.2) is 52.7 Å². The van der Waals surface area contributed by atoms with E-state index in [2.05, 4.69) is 40.1 Å². The number of rotatable bonds is 9. The number of unbranched alkanes of at least 4 members (excludes halogenated alkanes) is 2. The van der Waals surface area contributed by atoms with Gasteiger partial charge in [0.1, 0.15) is 12.0 Å². The molecular weight excluding hydrogens is 450 g/mol. The molecule has 1 unspecified atom stereocenters. The fraction of sp³-hybridized carbons (Fsp3) is 0.560. The van der Waals surface area contributed by atoms with Crippen molar-refractivity contribution in [2.45, 2.75) is 71.0 Å². The van der Waals surface area contributed by atoms with Gasteiger partial charge in [-0.15, -0.1) is 0 Å². The summed E-state index contributed by atoms with van der Waals surface area (Å²) in [4.78, 5) is 24.3. The number of nitrogens with zero attached hydrogens (tertiary/aromatic N) is 3. The number of anilines is 1. The van der Waals surface area contributed by atoms with Crippen LogP contribution in [0.25, 0.3) is 5.57 Å². The first kappa shape index (κ1) is 24.4. The van der Waals surface area contributed by atoms with Crippen LogP contribution in [-0.2, 0) is 6.42 Å². The van der Waals surface area contributed by atoms with Crippen LogP contribution in [0.4, 0.5) is 10.6 Å². The summed E-state index contributed by atoms with van der Waals surface area (Å²) in [5.41, 5.74) is 3.02. The predicted octanol–water partition coefficient (Wildman–Crippen LogP) is 4.09. The zero-order valence-electron chi connectivity index (χ0n) is 20.2. The number of fused-ring (bicyclic) bond motifs is 1. The number of dihydropyridines is 1. The molecule has 0 bridgehead atoms. The summed E-state index contributed by atoms with van der Waals surface area (Å²) in [5.74, 6) is 1.49. The molecule has 4 rings (SSSR count). The van der Waals surface area contributed by atoms with Gasteiger partial charge in [-0.05, 0) is 38.2 Å². The van der Waals surface area contributed by atoms with Gasteiger partial charge in [-0.25, -0.2) is 14.8 Å². The van der Waals surface area contributed by atoms with Gasteiger partial charge in [-0.3, -0.25) is 0 Å². The lowest BCUT2D eigenvalue weighted by Crippen LogP contribution is -2.51. The third-order valence-corrected chi connectivity index (χ3v) is 6.85. The molecule has 4 N–H and O–H groups in total. The first-order valence-electron chi connectivity index (χ1n) is 12.5. The third-order valence-electron chi connectivity index (χ3n) is 6.63. The van der Waals surface area contributed by atoms with E-state index in [9.17, 15) is 4.79 Å². The van der Waals surface area contributed by atoms with Gasteiger partial charge < -0.3 is 26.2 Å². The number of urea groups is 1. The fourth-order valence-corrected chi connectivity index (χ4v) is 4.84. The first-order valence-corrected chi connectivity index (χ1v) is 12.9. The molecule has 34 heavy (non-hydrogen) atoms. The van der Waals surface area contributed by atoms with Crippen LogP contribution in [0.5, 0.6) is 0 Å². The Bertz CT molecular complexity index is 974. The third kappa shape index (κ3) is 5.66. The second kappa shape index (κ2) is 11.6. The minimum atomic E-state index is -0.0185. The number of aryl methyl sites for hydroxylation is 1. The number of carbonyl (C=O) groups excluding carboxylic acids is 1. The minimum absolute atomic E-state index is 0.0185. The van der Waals surface area contributed by atoms with E-state index in [0.29, 0.717) is 17.4 Å². The van der Waals surface area contributed by atoms with Crippen molar-refractivity contribution in [1.29, 1.82) is 0 Å². The standard InChI is InChI=1S/C25H36ClN7O/c1-3-5-7-10-27-25(34)33-11-8-6-9-19(33)15-30-22-17(4-2)13-28-24(32-22)21-16-31-23-20(21)12-18(26)14-29-23/h12-14,16,19,23,29,31H,3-11,15H2,1-2H3,(H,27,34)(H,28,30,32)/t19-,23?/m1/s1. The van der Waals surface area contributed by atoms with Gasteiger partial charge in [-0.1, -0.05) is 38.3 Å². The van der Waals surface area contributed by atoms with E-state index in [4.69, 9.17) is 16.6 Å². The molecule has 0 aromatic carbocycles. The molecular formula is C25H36ClN7O. The molecule has 2 amide bonds. The molecule has 0 radical (unpaired) electrons. The topological polar surface area (TPSA) is 94.2 Å². The highest BCUT2D eigenvalue weighted by atomic mass is 35.5. The van der Waals surface area contributed by atoms with E-state index >= 15 is 0 Å². The molecule has 184 valence electrons. The second-order valence-corrected chi connectivity index (χ2v) is 9.47. The van der Waals surface area contributed by atoms with Crippen molar-refractivity contribution in [1.82, 2.24) is 30.8 Å². The Hall–Kier alpha value is -2.74. The fourth-order valence-electron chi connectivity index (χ4n) is 4.66.